The number of hydrogen-bond donors (Lipinski definition) is 1. The fraction of sp³-hybridized carbons (Fsp3) is 0.312. The van der Waals surface area contributed by atoms with Crippen LogP contribution < -0.4 is 10.2 Å². The predicted octanol–water partition coefficient (Wildman–Crippen LogP) is 2.96. The van der Waals surface area contributed by atoms with Crippen molar-refractivity contribution in [2.45, 2.75) is 19.8 Å². The standard InChI is InChI=1S/C16H20N4OS/c1-12(2)13-7-4-5-8-14(13)20-15(21)11-22-16(20)19-18-10-6-9-17-3/h4-10,12,17H,11H2,1-3H3/b9-6-,18-10+,19-16-. The maximum absolute atomic E-state index is 12.2. The van der Waals surface area contributed by atoms with Crippen molar-refractivity contribution in [1.29, 1.82) is 0 Å². The smallest absolute Gasteiger partial charge is 0.243 e. The van der Waals surface area contributed by atoms with E-state index in [-0.39, 0.29) is 5.91 Å². The van der Waals surface area contributed by atoms with Gasteiger partial charge in [0.05, 0.1) is 17.7 Å². The van der Waals surface area contributed by atoms with Gasteiger partial charge in [0.1, 0.15) is 0 Å². The van der Waals surface area contributed by atoms with E-state index >= 15 is 0 Å². The maximum atomic E-state index is 12.2. The van der Waals surface area contributed by atoms with E-state index in [0.29, 0.717) is 16.8 Å². The molecule has 116 valence electrons. The minimum Gasteiger partial charge on any atom is -0.394 e. The van der Waals surface area contributed by atoms with Gasteiger partial charge in [-0.05, 0) is 29.8 Å². The first-order valence-corrected chi connectivity index (χ1v) is 8.11. The Labute approximate surface area is 135 Å². The van der Waals surface area contributed by atoms with Crippen LogP contribution in [-0.4, -0.2) is 30.1 Å². The van der Waals surface area contributed by atoms with Crippen molar-refractivity contribution in [3.05, 3.63) is 42.1 Å². The number of thioether (sulfide) groups is 1. The zero-order valence-electron chi connectivity index (χ0n) is 13.0. The molecule has 1 aliphatic rings. The summed E-state index contributed by atoms with van der Waals surface area (Å²) in [5, 5.41) is 11.7. The second-order valence-corrected chi connectivity index (χ2v) is 5.97. The number of carbonyl (C=O) groups excluding carboxylic acids is 1. The summed E-state index contributed by atoms with van der Waals surface area (Å²) >= 11 is 1.41. The summed E-state index contributed by atoms with van der Waals surface area (Å²) in [4.78, 5) is 13.9. The monoisotopic (exact) mass is 316 g/mol. The molecular weight excluding hydrogens is 296 g/mol. The zero-order chi connectivity index (χ0) is 15.9. The molecule has 2 rings (SSSR count). The maximum Gasteiger partial charge on any atom is 0.243 e. The van der Waals surface area contributed by atoms with Gasteiger partial charge in [0.2, 0.25) is 5.91 Å². The third kappa shape index (κ3) is 3.76. The molecule has 0 aromatic heterocycles. The quantitative estimate of drug-likeness (QED) is 0.671. The van der Waals surface area contributed by atoms with Gasteiger partial charge in [-0.2, -0.15) is 5.10 Å². The van der Waals surface area contributed by atoms with Gasteiger partial charge in [0.25, 0.3) is 0 Å². The molecule has 1 aromatic carbocycles. The van der Waals surface area contributed by atoms with Crippen LogP contribution in [0.15, 0.2) is 46.7 Å². The van der Waals surface area contributed by atoms with Crippen LogP contribution in [0, 0.1) is 0 Å². The highest BCUT2D eigenvalue weighted by Crippen LogP contribution is 2.33. The molecular formula is C16H20N4OS. The zero-order valence-corrected chi connectivity index (χ0v) is 13.8. The summed E-state index contributed by atoms with van der Waals surface area (Å²) in [6.45, 7) is 4.23. The molecule has 1 heterocycles. The number of rotatable bonds is 5. The average molecular weight is 316 g/mol. The van der Waals surface area contributed by atoms with Crippen LogP contribution in [0.3, 0.4) is 0 Å². The summed E-state index contributed by atoms with van der Waals surface area (Å²) in [5.74, 6) is 0.767. The van der Waals surface area contributed by atoms with E-state index in [2.05, 4.69) is 29.4 Å². The van der Waals surface area contributed by atoms with Crippen LogP contribution in [-0.2, 0) is 4.79 Å². The van der Waals surface area contributed by atoms with Gasteiger partial charge in [-0.25, -0.2) is 0 Å². The summed E-state index contributed by atoms with van der Waals surface area (Å²) < 4.78 is 0. The van der Waals surface area contributed by atoms with Crippen LogP contribution in [0.1, 0.15) is 25.3 Å². The molecule has 1 aromatic rings. The highest BCUT2D eigenvalue weighted by atomic mass is 32.2. The predicted molar refractivity (Wildman–Crippen MR) is 94.6 cm³/mol. The van der Waals surface area contributed by atoms with Crippen LogP contribution in [0.4, 0.5) is 5.69 Å². The van der Waals surface area contributed by atoms with E-state index in [1.807, 2.05) is 31.3 Å². The lowest BCUT2D eigenvalue weighted by molar-refractivity contribution is -0.115. The molecule has 0 aliphatic carbocycles. The molecule has 1 fully saturated rings. The fourth-order valence-corrected chi connectivity index (χ4v) is 2.93. The second-order valence-electron chi connectivity index (χ2n) is 5.03. The van der Waals surface area contributed by atoms with Crippen molar-refractivity contribution < 1.29 is 4.79 Å². The molecule has 6 heteroatoms. The topological polar surface area (TPSA) is 57.1 Å². The lowest BCUT2D eigenvalue weighted by Gasteiger charge is -2.20. The second kappa shape index (κ2) is 7.79. The molecule has 0 spiro atoms. The summed E-state index contributed by atoms with van der Waals surface area (Å²) in [6, 6.07) is 7.93. The third-order valence-corrected chi connectivity index (χ3v) is 4.04. The molecule has 1 N–H and O–H groups in total. The highest BCUT2D eigenvalue weighted by Gasteiger charge is 2.31. The molecule has 0 saturated carbocycles. The fourth-order valence-electron chi connectivity index (χ4n) is 2.11. The molecule has 0 bridgehead atoms. The lowest BCUT2D eigenvalue weighted by Crippen LogP contribution is -2.30. The Morgan fingerprint density at radius 2 is 2.14 bits per heavy atom. The number of anilines is 1. The molecule has 0 radical (unpaired) electrons. The number of allylic oxidation sites excluding steroid dienone is 1. The Hall–Kier alpha value is -2.08. The molecule has 0 unspecified atom stereocenters. The number of amides is 1. The minimum absolute atomic E-state index is 0.0396. The lowest BCUT2D eigenvalue weighted by atomic mass is 10.0. The van der Waals surface area contributed by atoms with E-state index in [9.17, 15) is 4.79 Å². The number of amidine groups is 1. The van der Waals surface area contributed by atoms with Gasteiger partial charge in [0, 0.05) is 7.05 Å². The molecule has 0 atom stereocenters. The molecule has 5 nitrogen and oxygen atoms in total. The number of carbonyl (C=O) groups is 1. The summed E-state index contributed by atoms with van der Waals surface area (Å²) in [7, 11) is 1.81. The van der Waals surface area contributed by atoms with Crippen molar-refractivity contribution in [2.24, 2.45) is 10.2 Å². The van der Waals surface area contributed by atoms with E-state index in [4.69, 9.17) is 0 Å². The van der Waals surface area contributed by atoms with Crippen molar-refractivity contribution in [3.8, 4) is 0 Å². The molecule has 22 heavy (non-hydrogen) atoms. The Morgan fingerprint density at radius 1 is 1.36 bits per heavy atom. The van der Waals surface area contributed by atoms with Crippen molar-refractivity contribution in [3.63, 3.8) is 0 Å². The van der Waals surface area contributed by atoms with Gasteiger partial charge in [-0.15, -0.1) is 5.10 Å². The number of nitrogens with one attached hydrogen (secondary N) is 1. The van der Waals surface area contributed by atoms with Crippen molar-refractivity contribution in [1.82, 2.24) is 5.32 Å². The van der Waals surface area contributed by atoms with Gasteiger partial charge >= 0.3 is 0 Å². The van der Waals surface area contributed by atoms with Crippen molar-refractivity contribution in [2.75, 3.05) is 17.7 Å². The summed E-state index contributed by atoms with van der Waals surface area (Å²) in [6.07, 6.45) is 5.08. The van der Waals surface area contributed by atoms with Gasteiger partial charge < -0.3 is 5.32 Å². The first-order chi connectivity index (χ1) is 10.6. The van der Waals surface area contributed by atoms with E-state index in [1.54, 1.807) is 23.4 Å². The normalized spacial score (nSPS) is 17.5. The third-order valence-electron chi connectivity index (χ3n) is 3.12. The summed E-state index contributed by atoms with van der Waals surface area (Å²) in [5.41, 5.74) is 2.03. The van der Waals surface area contributed by atoms with Gasteiger partial charge in [-0.1, -0.05) is 43.8 Å². The van der Waals surface area contributed by atoms with Crippen molar-refractivity contribution >= 4 is 34.7 Å². The van der Waals surface area contributed by atoms with Gasteiger partial charge in [0.15, 0.2) is 5.17 Å². The minimum atomic E-state index is 0.0396. The number of benzene rings is 1. The number of hydrogen-bond acceptors (Lipinski definition) is 5. The van der Waals surface area contributed by atoms with Crippen LogP contribution in [0.2, 0.25) is 0 Å². The molecule has 1 saturated heterocycles. The SMILES string of the molecule is CN\C=C/C=N/N=C1\SCC(=O)N1c1ccccc1C(C)C. The van der Waals surface area contributed by atoms with E-state index in [0.717, 1.165) is 11.3 Å². The van der Waals surface area contributed by atoms with Crippen LogP contribution in [0.5, 0.6) is 0 Å². The molecule has 1 aliphatic heterocycles. The Balaban J connectivity index is 2.31. The Bertz CT molecular complexity index is 622. The molecule has 1 amide bonds. The van der Waals surface area contributed by atoms with Crippen LogP contribution in [0.25, 0.3) is 0 Å². The number of para-hydroxylation sites is 1. The van der Waals surface area contributed by atoms with E-state index in [1.165, 1.54) is 11.8 Å². The Morgan fingerprint density at radius 3 is 2.86 bits per heavy atom. The highest BCUT2D eigenvalue weighted by molar-refractivity contribution is 8.15. The Kier molecular flexibility index (Phi) is 5.77. The average Bonchev–Trinajstić information content (AvgIpc) is 2.88. The van der Waals surface area contributed by atoms with Crippen LogP contribution >= 0.6 is 11.8 Å². The van der Waals surface area contributed by atoms with E-state index < -0.39 is 0 Å². The number of nitrogens with zero attached hydrogens (tertiary/aromatic N) is 3. The first kappa shape index (κ1) is 16.3. The van der Waals surface area contributed by atoms with Gasteiger partial charge in [-0.3, -0.25) is 9.69 Å². The first-order valence-electron chi connectivity index (χ1n) is 7.13. The largest absolute Gasteiger partial charge is 0.394 e.